The van der Waals surface area contributed by atoms with Crippen molar-refractivity contribution in [2.24, 2.45) is 0 Å². The second-order valence-corrected chi connectivity index (χ2v) is 9.76. The zero-order valence-corrected chi connectivity index (χ0v) is 20.8. The summed E-state index contributed by atoms with van der Waals surface area (Å²) in [6.07, 6.45) is 3.48. The van der Waals surface area contributed by atoms with Crippen LogP contribution in [0.25, 0.3) is 16.8 Å². The first-order chi connectivity index (χ1) is 17.8. The first-order valence-corrected chi connectivity index (χ1v) is 13.0. The molecule has 0 radical (unpaired) electrons. The molecule has 184 valence electrons. The fourth-order valence-electron chi connectivity index (χ4n) is 5.54. The molecule has 6 rings (SSSR count). The number of imidazole rings is 1. The van der Waals surface area contributed by atoms with Gasteiger partial charge in [0.05, 0.1) is 17.1 Å². The van der Waals surface area contributed by atoms with Gasteiger partial charge in [-0.05, 0) is 56.0 Å². The summed E-state index contributed by atoms with van der Waals surface area (Å²) in [4.78, 5) is 2.58. The number of hydrogen-bond acceptors (Lipinski definition) is 4. The number of para-hydroxylation sites is 2. The Kier molecular flexibility index (Phi) is 6.53. The number of likely N-dealkylation sites (tertiary alicyclic amines) is 1. The second-order valence-electron chi connectivity index (χ2n) is 9.76. The van der Waals surface area contributed by atoms with Crippen molar-refractivity contribution in [3.05, 3.63) is 102 Å². The highest BCUT2D eigenvalue weighted by atomic mass is 16.5. The van der Waals surface area contributed by atoms with Gasteiger partial charge in [-0.25, -0.2) is 0 Å². The summed E-state index contributed by atoms with van der Waals surface area (Å²) < 4.78 is 11.2. The van der Waals surface area contributed by atoms with Gasteiger partial charge in [-0.15, -0.1) is 10.2 Å². The van der Waals surface area contributed by atoms with E-state index in [4.69, 9.17) is 4.74 Å². The molecule has 1 fully saturated rings. The van der Waals surface area contributed by atoms with Gasteiger partial charge < -0.3 is 14.2 Å². The molecule has 1 aliphatic heterocycles. The maximum atomic E-state index is 6.73. The standard InChI is InChI=1S/C30H33N5O/c1-23-31-32-30-34(27-15-8-9-16-28(27)35(23)30)20-10-19-33-21-17-26(18-22-33)36-29(24-11-4-2-5-12-24)25-13-6-3-7-14-25/h2-9,11-16,26,29H,10,17-22H2,1H3. The van der Waals surface area contributed by atoms with E-state index in [0.717, 1.165) is 57.0 Å². The monoisotopic (exact) mass is 479 g/mol. The number of rotatable bonds is 8. The normalized spacial score (nSPS) is 15.4. The fourth-order valence-corrected chi connectivity index (χ4v) is 5.54. The van der Waals surface area contributed by atoms with Crippen LogP contribution in [0.5, 0.6) is 0 Å². The van der Waals surface area contributed by atoms with Crippen molar-refractivity contribution in [2.45, 2.75) is 44.9 Å². The van der Waals surface area contributed by atoms with E-state index >= 15 is 0 Å². The summed E-state index contributed by atoms with van der Waals surface area (Å²) >= 11 is 0. The van der Waals surface area contributed by atoms with Crippen molar-refractivity contribution in [3.8, 4) is 0 Å². The lowest BCUT2D eigenvalue weighted by Gasteiger charge is -2.34. The first-order valence-electron chi connectivity index (χ1n) is 13.0. The summed E-state index contributed by atoms with van der Waals surface area (Å²) in [7, 11) is 0. The third-order valence-electron chi connectivity index (χ3n) is 7.39. The lowest BCUT2D eigenvalue weighted by atomic mass is 10.00. The minimum absolute atomic E-state index is 0.0139. The van der Waals surface area contributed by atoms with E-state index < -0.39 is 0 Å². The van der Waals surface area contributed by atoms with E-state index in [1.54, 1.807) is 0 Å². The van der Waals surface area contributed by atoms with E-state index in [1.165, 1.54) is 22.2 Å². The van der Waals surface area contributed by atoms with Gasteiger partial charge in [-0.3, -0.25) is 4.40 Å². The zero-order valence-electron chi connectivity index (χ0n) is 20.8. The minimum Gasteiger partial charge on any atom is -0.365 e. The molecular formula is C30H33N5O. The molecule has 0 atom stereocenters. The Balaban J connectivity index is 1.07. The second kappa shape index (κ2) is 10.2. The van der Waals surface area contributed by atoms with E-state index in [1.807, 2.05) is 6.92 Å². The zero-order chi connectivity index (χ0) is 24.3. The van der Waals surface area contributed by atoms with Crippen LogP contribution >= 0.6 is 0 Å². The van der Waals surface area contributed by atoms with Crippen LogP contribution in [0.15, 0.2) is 84.9 Å². The van der Waals surface area contributed by atoms with Crippen molar-refractivity contribution >= 4 is 16.8 Å². The summed E-state index contributed by atoms with van der Waals surface area (Å²) in [6, 6.07) is 29.7. The highest BCUT2D eigenvalue weighted by Crippen LogP contribution is 2.30. The van der Waals surface area contributed by atoms with Gasteiger partial charge in [0, 0.05) is 19.6 Å². The van der Waals surface area contributed by atoms with Crippen LogP contribution in [0.4, 0.5) is 0 Å². The Hall–Kier alpha value is -3.48. The van der Waals surface area contributed by atoms with Gasteiger partial charge in [0.15, 0.2) is 0 Å². The Bertz CT molecular complexity index is 1380. The van der Waals surface area contributed by atoms with Crippen molar-refractivity contribution in [3.63, 3.8) is 0 Å². The Morgan fingerprint density at radius 1 is 0.778 bits per heavy atom. The van der Waals surface area contributed by atoms with Crippen LogP contribution in [0, 0.1) is 6.92 Å². The van der Waals surface area contributed by atoms with Crippen LogP contribution in [0.1, 0.15) is 42.3 Å². The van der Waals surface area contributed by atoms with Gasteiger partial charge in [-0.2, -0.15) is 0 Å². The molecule has 6 nitrogen and oxygen atoms in total. The highest BCUT2D eigenvalue weighted by molar-refractivity contribution is 5.80. The summed E-state index contributed by atoms with van der Waals surface area (Å²) in [5.74, 6) is 1.88. The Labute approximate surface area is 212 Å². The van der Waals surface area contributed by atoms with E-state index in [0.29, 0.717) is 0 Å². The van der Waals surface area contributed by atoms with E-state index in [-0.39, 0.29) is 12.2 Å². The molecule has 0 bridgehead atoms. The molecule has 3 aromatic carbocycles. The van der Waals surface area contributed by atoms with Crippen molar-refractivity contribution in [2.75, 3.05) is 19.6 Å². The Morgan fingerprint density at radius 2 is 1.39 bits per heavy atom. The molecule has 0 amide bonds. The van der Waals surface area contributed by atoms with Gasteiger partial charge in [0.25, 0.3) is 0 Å². The molecular weight excluding hydrogens is 446 g/mol. The lowest BCUT2D eigenvalue weighted by molar-refractivity contribution is -0.0271. The number of hydrogen-bond donors (Lipinski definition) is 0. The first kappa shape index (κ1) is 23.0. The van der Waals surface area contributed by atoms with Gasteiger partial charge >= 0.3 is 0 Å². The number of piperidine rings is 1. The van der Waals surface area contributed by atoms with Crippen molar-refractivity contribution < 1.29 is 4.74 Å². The average Bonchev–Trinajstić information content (AvgIpc) is 3.47. The SMILES string of the molecule is Cc1nnc2n(CCCN3CCC(OC(c4ccccc4)c4ccccc4)CC3)c3ccccc3n12. The molecule has 0 saturated carbocycles. The topological polar surface area (TPSA) is 47.6 Å². The summed E-state index contributed by atoms with van der Waals surface area (Å²) in [5, 5.41) is 8.76. The lowest BCUT2D eigenvalue weighted by Crippen LogP contribution is -2.38. The molecule has 0 aliphatic carbocycles. The molecule has 0 unspecified atom stereocenters. The van der Waals surface area contributed by atoms with Crippen LogP contribution in [0.3, 0.4) is 0 Å². The molecule has 0 N–H and O–H groups in total. The largest absolute Gasteiger partial charge is 0.365 e. The maximum absolute atomic E-state index is 6.73. The molecule has 1 saturated heterocycles. The third-order valence-corrected chi connectivity index (χ3v) is 7.39. The van der Waals surface area contributed by atoms with Gasteiger partial charge in [0.1, 0.15) is 11.9 Å². The van der Waals surface area contributed by atoms with E-state index in [2.05, 4.69) is 109 Å². The van der Waals surface area contributed by atoms with Gasteiger partial charge in [-0.1, -0.05) is 72.8 Å². The number of benzene rings is 3. The molecule has 5 aromatic rings. The Morgan fingerprint density at radius 3 is 2.06 bits per heavy atom. The number of fused-ring (bicyclic) bond motifs is 3. The average molecular weight is 480 g/mol. The van der Waals surface area contributed by atoms with Crippen LogP contribution in [-0.4, -0.2) is 49.8 Å². The van der Waals surface area contributed by atoms with Crippen molar-refractivity contribution in [1.82, 2.24) is 24.1 Å². The maximum Gasteiger partial charge on any atom is 0.236 e. The van der Waals surface area contributed by atoms with Gasteiger partial charge in [0.2, 0.25) is 5.78 Å². The number of aromatic nitrogens is 4. The van der Waals surface area contributed by atoms with Crippen LogP contribution in [0.2, 0.25) is 0 Å². The molecule has 0 spiro atoms. The number of ether oxygens (including phenoxy) is 1. The predicted molar refractivity (Wildman–Crippen MR) is 143 cm³/mol. The summed E-state index contributed by atoms with van der Waals surface area (Å²) in [6.45, 7) is 6.19. The predicted octanol–water partition coefficient (Wildman–Crippen LogP) is 5.65. The summed E-state index contributed by atoms with van der Waals surface area (Å²) in [5.41, 5.74) is 4.85. The molecule has 1 aliphatic rings. The quantitative estimate of drug-likeness (QED) is 0.288. The minimum atomic E-state index is -0.0139. The third kappa shape index (κ3) is 4.54. The van der Waals surface area contributed by atoms with E-state index in [9.17, 15) is 0 Å². The molecule has 6 heteroatoms. The smallest absolute Gasteiger partial charge is 0.236 e. The number of aryl methyl sites for hydroxylation is 2. The van der Waals surface area contributed by atoms with Crippen molar-refractivity contribution in [1.29, 1.82) is 0 Å². The molecule has 2 aromatic heterocycles. The molecule has 36 heavy (non-hydrogen) atoms. The highest BCUT2D eigenvalue weighted by Gasteiger charge is 2.25. The van der Waals surface area contributed by atoms with Crippen LogP contribution in [-0.2, 0) is 11.3 Å². The van der Waals surface area contributed by atoms with Crippen LogP contribution < -0.4 is 0 Å². The fraction of sp³-hybridized carbons (Fsp3) is 0.333. The molecule has 3 heterocycles. The number of nitrogens with zero attached hydrogens (tertiary/aromatic N) is 5.